The van der Waals surface area contributed by atoms with Gasteiger partial charge in [-0.15, -0.1) is 5.10 Å². The van der Waals surface area contributed by atoms with Crippen molar-refractivity contribution in [1.29, 1.82) is 0 Å². The summed E-state index contributed by atoms with van der Waals surface area (Å²) >= 11 is 0. The van der Waals surface area contributed by atoms with E-state index in [0.717, 1.165) is 17.5 Å². The average molecular weight is 405 g/mol. The molecule has 8 nitrogen and oxygen atoms in total. The van der Waals surface area contributed by atoms with Gasteiger partial charge >= 0.3 is 6.18 Å². The number of nitrogens with zero attached hydrogens (tertiary/aromatic N) is 3. The van der Waals surface area contributed by atoms with E-state index >= 15 is 0 Å². The van der Waals surface area contributed by atoms with E-state index in [1.807, 2.05) is 0 Å². The number of nitrogens with one attached hydrogen (secondary N) is 2. The molecule has 29 heavy (non-hydrogen) atoms. The van der Waals surface area contributed by atoms with E-state index in [9.17, 15) is 18.3 Å². The van der Waals surface area contributed by atoms with Crippen molar-refractivity contribution in [2.24, 2.45) is 0 Å². The number of hydrogen-bond donors (Lipinski definition) is 3. The molecule has 2 aromatic carbocycles. The van der Waals surface area contributed by atoms with Crippen LogP contribution in [0.3, 0.4) is 0 Å². The maximum Gasteiger partial charge on any atom is 0.420 e. The van der Waals surface area contributed by atoms with Crippen molar-refractivity contribution in [1.82, 2.24) is 20.6 Å². The van der Waals surface area contributed by atoms with Gasteiger partial charge in [0.25, 0.3) is 0 Å². The van der Waals surface area contributed by atoms with Gasteiger partial charge in [-0.3, -0.25) is 0 Å². The number of aromatic amines is 1. The molecule has 0 amide bonds. The molecule has 0 saturated heterocycles. The van der Waals surface area contributed by atoms with Crippen LogP contribution < -0.4 is 10.1 Å². The van der Waals surface area contributed by atoms with Crippen molar-refractivity contribution in [3.05, 3.63) is 47.5 Å². The number of methoxy groups -OCH3 is 1. The molecule has 150 valence electrons. The smallest absolute Gasteiger partial charge is 0.420 e. The monoisotopic (exact) mass is 405 g/mol. The zero-order chi connectivity index (χ0) is 20.6. The minimum absolute atomic E-state index is 0.168. The average Bonchev–Trinajstić information content (AvgIpc) is 3.34. The van der Waals surface area contributed by atoms with Crippen molar-refractivity contribution in [2.45, 2.75) is 12.7 Å². The van der Waals surface area contributed by atoms with Crippen LogP contribution in [0.1, 0.15) is 11.1 Å². The Morgan fingerprint density at radius 1 is 1.21 bits per heavy atom. The van der Waals surface area contributed by atoms with Gasteiger partial charge in [0.15, 0.2) is 5.76 Å². The maximum atomic E-state index is 13.0. The number of aromatic hydroxyl groups is 1. The first kappa shape index (κ1) is 18.6. The maximum absolute atomic E-state index is 13.0. The third-order valence-corrected chi connectivity index (χ3v) is 4.28. The summed E-state index contributed by atoms with van der Waals surface area (Å²) < 4.78 is 50.0. The molecule has 0 atom stereocenters. The Balaban J connectivity index is 1.62. The number of benzene rings is 2. The molecule has 0 bridgehead atoms. The number of furan rings is 1. The number of alkyl halides is 3. The van der Waals surface area contributed by atoms with E-state index in [1.54, 1.807) is 18.2 Å². The first-order chi connectivity index (χ1) is 13.8. The number of anilines is 1. The summed E-state index contributed by atoms with van der Waals surface area (Å²) in [7, 11) is 1.49. The van der Waals surface area contributed by atoms with E-state index in [1.165, 1.54) is 13.2 Å². The molecule has 0 spiro atoms. The lowest BCUT2D eigenvalue weighted by atomic mass is 10.1. The molecule has 4 aromatic rings. The Labute approximate surface area is 161 Å². The largest absolute Gasteiger partial charge is 0.507 e. The van der Waals surface area contributed by atoms with Crippen LogP contribution in [0.2, 0.25) is 0 Å². The SMILES string of the molecule is COc1cc2cc(-c3nnn[nH]3)oc2cc1CNc1ccc(O)c(C(F)(F)F)c1. The van der Waals surface area contributed by atoms with Crippen LogP contribution in [0, 0.1) is 0 Å². The van der Waals surface area contributed by atoms with Crippen molar-refractivity contribution in [2.75, 3.05) is 12.4 Å². The Bertz CT molecular complexity index is 1160. The second kappa shape index (κ2) is 7.00. The highest BCUT2D eigenvalue weighted by Crippen LogP contribution is 2.37. The van der Waals surface area contributed by atoms with Gasteiger partial charge in [-0.1, -0.05) is 0 Å². The van der Waals surface area contributed by atoms with E-state index < -0.39 is 17.5 Å². The van der Waals surface area contributed by atoms with Gasteiger partial charge in [0, 0.05) is 23.2 Å². The lowest BCUT2D eigenvalue weighted by Gasteiger charge is -2.14. The van der Waals surface area contributed by atoms with Crippen LogP contribution >= 0.6 is 0 Å². The van der Waals surface area contributed by atoms with Gasteiger partial charge in [-0.05, 0) is 46.8 Å². The molecule has 0 radical (unpaired) electrons. The third kappa shape index (κ3) is 3.66. The summed E-state index contributed by atoms with van der Waals surface area (Å²) in [5.41, 5.74) is 0.292. The summed E-state index contributed by atoms with van der Waals surface area (Å²) in [4.78, 5) is 0. The third-order valence-electron chi connectivity index (χ3n) is 4.28. The van der Waals surface area contributed by atoms with Crippen LogP contribution in [-0.2, 0) is 12.7 Å². The zero-order valence-corrected chi connectivity index (χ0v) is 14.9. The predicted octanol–water partition coefficient (Wildman–Crippen LogP) is 3.96. The number of halogens is 3. The topological polar surface area (TPSA) is 109 Å². The van der Waals surface area contributed by atoms with E-state index in [4.69, 9.17) is 9.15 Å². The fourth-order valence-corrected chi connectivity index (χ4v) is 2.89. The summed E-state index contributed by atoms with van der Waals surface area (Å²) in [5.74, 6) is 0.504. The van der Waals surface area contributed by atoms with Gasteiger partial charge < -0.3 is 19.6 Å². The molecule has 0 fully saturated rings. The van der Waals surface area contributed by atoms with Crippen LogP contribution in [0.15, 0.2) is 40.8 Å². The normalized spacial score (nSPS) is 11.7. The molecule has 11 heteroatoms. The summed E-state index contributed by atoms with van der Waals surface area (Å²) in [6, 6.07) is 8.42. The summed E-state index contributed by atoms with van der Waals surface area (Å²) in [6.45, 7) is 0.168. The number of phenols is 1. The number of phenolic OH excluding ortho intramolecular Hbond substituents is 1. The van der Waals surface area contributed by atoms with Crippen LogP contribution in [0.25, 0.3) is 22.6 Å². The Kier molecular flexibility index (Phi) is 4.49. The van der Waals surface area contributed by atoms with Crippen LogP contribution in [-0.4, -0.2) is 32.8 Å². The molecule has 4 rings (SSSR count). The number of hydrogen-bond acceptors (Lipinski definition) is 7. The Morgan fingerprint density at radius 2 is 2.03 bits per heavy atom. The fraction of sp³-hybridized carbons (Fsp3) is 0.167. The van der Waals surface area contributed by atoms with E-state index in [2.05, 4.69) is 25.9 Å². The second-order valence-electron chi connectivity index (χ2n) is 6.15. The van der Waals surface area contributed by atoms with Gasteiger partial charge in [0.2, 0.25) is 5.82 Å². The molecular weight excluding hydrogens is 391 g/mol. The van der Waals surface area contributed by atoms with Crippen molar-refractivity contribution < 1.29 is 27.4 Å². The highest BCUT2D eigenvalue weighted by atomic mass is 19.4. The molecule has 3 N–H and O–H groups in total. The summed E-state index contributed by atoms with van der Waals surface area (Å²) in [5, 5.41) is 26.5. The zero-order valence-electron chi connectivity index (χ0n) is 14.9. The number of aromatic nitrogens is 4. The Morgan fingerprint density at radius 3 is 2.72 bits per heavy atom. The first-order valence-corrected chi connectivity index (χ1v) is 8.34. The Hall–Kier alpha value is -3.76. The molecule has 2 heterocycles. The fourth-order valence-electron chi connectivity index (χ4n) is 2.89. The molecule has 0 unspecified atom stereocenters. The minimum Gasteiger partial charge on any atom is -0.507 e. The predicted molar refractivity (Wildman–Crippen MR) is 96.4 cm³/mol. The van der Waals surface area contributed by atoms with Gasteiger partial charge in [-0.2, -0.15) is 13.2 Å². The van der Waals surface area contributed by atoms with Crippen molar-refractivity contribution in [3.8, 4) is 23.1 Å². The summed E-state index contributed by atoms with van der Waals surface area (Å²) in [6.07, 6.45) is -4.65. The number of tetrazole rings is 1. The van der Waals surface area contributed by atoms with Crippen LogP contribution in [0.4, 0.5) is 18.9 Å². The minimum atomic E-state index is -4.65. The number of H-pyrrole nitrogens is 1. The quantitative estimate of drug-likeness (QED) is 0.431. The molecule has 0 aliphatic rings. The number of fused-ring (bicyclic) bond motifs is 1. The number of rotatable bonds is 5. The number of ether oxygens (including phenoxy) is 1. The lowest BCUT2D eigenvalue weighted by Crippen LogP contribution is -2.07. The first-order valence-electron chi connectivity index (χ1n) is 8.34. The standard InChI is InChI=1S/C18H14F3N5O3/c1-28-14-4-9-5-16(17-23-25-26-24-17)29-15(9)6-10(14)8-22-11-2-3-13(27)12(7-11)18(19,20)21/h2-7,22,27H,8H2,1H3,(H,23,24,25,26). The molecule has 2 aromatic heterocycles. The van der Waals surface area contributed by atoms with E-state index in [0.29, 0.717) is 28.5 Å². The van der Waals surface area contributed by atoms with E-state index in [-0.39, 0.29) is 12.2 Å². The van der Waals surface area contributed by atoms with Crippen LogP contribution in [0.5, 0.6) is 11.5 Å². The lowest BCUT2D eigenvalue weighted by molar-refractivity contribution is -0.138. The molecular formula is C18H14F3N5O3. The molecule has 0 aliphatic carbocycles. The van der Waals surface area contributed by atoms with Gasteiger partial charge in [0.05, 0.1) is 12.7 Å². The molecule has 0 saturated carbocycles. The molecule has 0 aliphatic heterocycles. The highest BCUT2D eigenvalue weighted by molar-refractivity contribution is 5.84. The van der Waals surface area contributed by atoms with Gasteiger partial charge in [-0.25, -0.2) is 5.10 Å². The van der Waals surface area contributed by atoms with Gasteiger partial charge in [0.1, 0.15) is 17.1 Å². The van der Waals surface area contributed by atoms with Crippen molar-refractivity contribution >= 4 is 16.7 Å². The van der Waals surface area contributed by atoms with Crippen molar-refractivity contribution in [3.63, 3.8) is 0 Å². The highest BCUT2D eigenvalue weighted by Gasteiger charge is 2.34. The second-order valence-corrected chi connectivity index (χ2v) is 6.15.